The van der Waals surface area contributed by atoms with E-state index in [1.165, 1.54) is 72.1 Å². The number of piperazine rings is 1. The summed E-state index contributed by atoms with van der Waals surface area (Å²) in [5.41, 5.74) is 28.4. The Labute approximate surface area is 488 Å². The monoisotopic (exact) mass is 1180 g/mol. The highest BCUT2D eigenvalue weighted by atomic mass is 32.2. The van der Waals surface area contributed by atoms with Crippen molar-refractivity contribution in [3.05, 3.63) is 95.2 Å². The topological polar surface area (TPSA) is 382 Å². The molecule has 430 valence electrons. The van der Waals surface area contributed by atoms with E-state index in [4.69, 9.17) is 22.9 Å². The molecule has 8 aromatic rings. The first-order valence-electron chi connectivity index (χ1n) is 24.7. The number of amides is 2. The van der Waals surface area contributed by atoms with E-state index in [0.29, 0.717) is 73.1 Å². The number of Topliss-reactive ketones (excluding diaryl/α,β-unsaturated/α-hetero) is 1. The van der Waals surface area contributed by atoms with Gasteiger partial charge in [0.25, 0.3) is 0 Å². The number of nitrogens with zero attached hydrogens (tertiary/aromatic N) is 13. The fourth-order valence-electron chi connectivity index (χ4n) is 6.99. The third-order valence-electron chi connectivity index (χ3n) is 11.0. The van der Waals surface area contributed by atoms with Crippen molar-refractivity contribution in [3.8, 4) is 0 Å². The number of nitrogens with two attached hydrogens (primary N) is 4. The molecular weight excluding hydrogens is 1110 g/mol. The first-order chi connectivity index (χ1) is 38.5. The molecule has 0 bridgehead atoms. The van der Waals surface area contributed by atoms with E-state index in [9.17, 15) is 19.5 Å². The molecule has 1 aliphatic rings. The molecule has 81 heavy (non-hydrogen) atoms. The van der Waals surface area contributed by atoms with Crippen LogP contribution in [0.2, 0.25) is 0 Å². The normalized spacial score (nSPS) is 12.2. The lowest BCUT2D eigenvalue weighted by atomic mass is 10.1. The van der Waals surface area contributed by atoms with E-state index >= 15 is 0 Å². The zero-order valence-corrected chi connectivity index (χ0v) is 50.0. The highest BCUT2D eigenvalue weighted by Gasteiger charge is 2.16. The standard InChI is InChI=1S/C23H30N8O.C9H10N4S.C7H11N3OS.C7H9N3OS.C6H7N3OS.H2/c1-15-13-19(28-22(32)30-23(2,3)4)27-20-18(15)14-25-21(29-20)26-16-5-7-17(8-6-16)31-11-9-24-10-12-31;1-5-3-7(10)12-8-6(5)4-11-9(13-8)14-2;2*1-4(11)5-3-9-7(12-2)10-6(5)8;1-11-6-8-2-4(3-10)5(7)9-6;/h5-8,13-14,24H,9-12H2,1-4H3,(H3,25,26,27,28,29,30,32);3-4H,1-2H3,(H2,10,11,12,13);3-4,11H,1-2H3,(H2,8,9,10);3H,1-2H3,(H2,8,9,10);2-3H,1H3,(H2,7,8,9);1H. The molecule has 29 heteroatoms. The molecule has 0 radical (unpaired) electrons. The number of pyridine rings is 2. The second-order valence-electron chi connectivity index (χ2n) is 18.4. The van der Waals surface area contributed by atoms with Crippen molar-refractivity contribution in [1.82, 2.24) is 70.4 Å². The second-order valence-corrected chi connectivity index (χ2v) is 21.4. The van der Waals surface area contributed by atoms with Gasteiger partial charge >= 0.3 is 6.03 Å². The molecule has 1 atom stereocenters. The van der Waals surface area contributed by atoms with E-state index in [1.54, 1.807) is 25.5 Å². The maximum atomic E-state index is 12.2. The van der Waals surface area contributed by atoms with Gasteiger partial charge in [-0.2, -0.15) is 4.98 Å². The Balaban J connectivity index is 0.000000241. The zero-order chi connectivity index (χ0) is 59.4. The first-order valence-corrected chi connectivity index (χ1v) is 29.6. The first kappa shape index (κ1) is 64.0. The number of ketones is 1. The van der Waals surface area contributed by atoms with Crippen LogP contribution < -0.4 is 49.1 Å². The molecule has 13 N–H and O–H groups in total. The van der Waals surface area contributed by atoms with Crippen LogP contribution in [0.1, 0.15) is 79.6 Å². The third-order valence-corrected chi connectivity index (χ3v) is 13.3. The SMILES string of the molecule is CSc1ncc(C(C)=O)c(N)n1.CSc1ncc(C(C)O)c(N)n1.CSc1ncc(C=O)c(N)n1.CSc1ncc2c(C)cc(N)nc2n1.Cc1cc(NC(=O)NC(C)(C)C)nc2nc(Nc3ccc(N4CCNCC4)cc3)ncc12.[HH]. The number of anilines is 8. The van der Waals surface area contributed by atoms with E-state index in [-0.39, 0.29) is 30.4 Å². The summed E-state index contributed by atoms with van der Waals surface area (Å²) in [6, 6.07) is 11.6. The number of nitrogen functional groups attached to an aromatic ring is 4. The van der Waals surface area contributed by atoms with E-state index in [0.717, 1.165) is 58.9 Å². The zero-order valence-electron chi connectivity index (χ0n) is 46.8. The number of benzene rings is 1. The minimum absolute atomic E-state index is 0. The number of carbonyl (C=O) groups is 3. The molecule has 2 amide bonds. The van der Waals surface area contributed by atoms with Crippen molar-refractivity contribution in [1.29, 1.82) is 0 Å². The van der Waals surface area contributed by atoms with Gasteiger partial charge in [0.15, 0.2) is 44.0 Å². The molecule has 1 aliphatic heterocycles. The lowest BCUT2D eigenvalue weighted by molar-refractivity contribution is 0.101. The van der Waals surface area contributed by atoms with Crippen molar-refractivity contribution in [2.45, 2.75) is 80.7 Å². The van der Waals surface area contributed by atoms with Crippen molar-refractivity contribution >= 4 is 134 Å². The smallest absolute Gasteiger partial charge is 0.320 e. The Morgan fingerprint density at radius 2 is 1.23 bits per heavy atom. The lowest BCUT2D eigenvalue weighted by Gasteiger charge is -2.29. The van der Waals surface area contributed by atoms with Gasteiger partial charge in [-0.3, -0.25) is 14.9 Å². The molecular formula is C52H69N21O4S4. The van der Waals surface area contributed by atoms with Crippen LogP contribution in [0.4, 0.5) is 51.2 Å². The number of thioether (sulfide) groups is 4. The van der Waals surface area contributed by atoms with Crippen LogP contribution in [-0.4, -0.2) is 140 Å². The van der Waals surface area contributed by atoms with Gasteiger partial charge in [0.1, 0.15) is 29.1 Å². The molecule has 1 aromatic carbocycles. The molecule has 0 aliphatic carbocycles. The predicted octanol–water partition coefficient (Wildman–Crippen LogP) is 7.70. The van der Waals surface area contributed by atoms with E-state index < -0.39 is 6.10 Å². The van der Waals surface area contributed by atoms with Crippen molar-refractivity contribution in [2.75, 3.05) is 89.7 Å². The van der Waals surface area contributed by atoms with Crippen LogP contribution in [0.25, 0.3) is 22.1 Å². The number of rotatable bonds is 11. The van der Waals surface area contributed by atoms with Crippen LogP contribution in [0.5, 0.6) is 0 Å². The summed E-state index contributed by atoms with van der Waals surface area (Å²) in [4.78, 5) is 85.4. The van der Waals surface area contributed by atoms with Gasteiger partial charge in [-0.05, 0) is 121 Å². The molecule has 8 heterocycles. The minimum atomic E-state index is -0.610. The van der Waals surface area contributed by atoms with E-state index in [2.05, 4.69) is 98.1 Å². The van der Waals surface area contributed by atoms with Gasteiger partial charge in [-0.15, -0.1) is 0 Å². The Morgan fingerprint density at radius 1 is 0.704 bits per heavy atom. The Morgan fingerprint density at radius 3 is 1.78 bits per heavy atom. The van der Waals surface area contributed by atoms with Gasteiger partial charge in [0, 0.05) is 91.8 Å². The summed E-state index contributed by atoms with van der Waals surface area (Å²) in [5.74, 6) is 2.13. The highest BCUT2D eigenvalue weighted by Crippen LogP contribution is 2.25. The molecule has 1 saturated heterocycles. The number of aldehydes is 1. The van der Waals surface area contributed by atoms with Gasteiger partial charge in [-0.25, -0.2) is 59.6 Å². The molecule has 9 rings (SSSR count). The largest absolute Gasteiger partial charge is 0.389 e. The van der Waals surface area contributed by atoms with Crippen molar-refractivity contribution in [2.24, 2.45) is 0 Å². The average molecular weight is 1180 g/mol. The number of nitrogens with one attached hydrogen (secondary N) is 4. The lowest BCUT2D eigenvalue weighted by Crippen LogP contribution is -2.43. The fraction of sp³-hybridized carbons (Fsp3) is 0.327. The number of hydrogen-bond donors (Lipinski definition) is 9. The number of aromatic nitrogens is 12. The summed E-state index contributed by atoms with van der Waals surface area (Å²) < 4.78 is 0. The maximum Gasteiger partial charge on any atom is 0.320 e. The minimum Gasteiger partial charge on any atom is -0.389 e. The quantitative estimate of drug-likeness (QED) is 0.0259. The summed E-state index contributed by atoms with van der Waals surface area (Å²) in [7, 11) is 0. The number of aliphatic hydroxyl groups excluding tert-OH is 1. The highest BCUT2D eigenvalue weighted by molar-refractivity contribution is 7.99. The maximum absolute atomic E-state index is 12.2. The van der Waals surface area contributed by atoms with Gasteiger partial charge in [0.05, 0.1) is 17.2 Å². The molecule has 25 nitrogen and oxygen atoms in total. The average Bonchev–Trinajstić information content (AvgIpc) is 3.45. The van der Waals surface area contributed by atoms with Gasteiger partial charge < -0.3 is 48.9 Å². The summed E-state index contributed by atoms with van der Waals surface area (Å²) in [6.45, 7) is 16.8. The Bertz CT molecular complexity index is 3430. The predicted molar refractivity (Wildman–Crippen MR) is 330 cm³/mol. The summed E-state index contributed by atoms with van der Waals surface area (Å²) in [6.07, 6.45) is 15.5. The molecule has 1 unspecified atom stereocenters. The number of fused-ring (bicyclic) bond motifs is 2. The van der Waals surface area contributed by atoms with Crippen molar-refractivity contribution < 1.29 is 20.9 Å². The van der Waals surface area contributed by atoms with E-state index in [1.807, 2.05) is 83.9 Å². The van der Waals surface area contributed by atoms with Crippen LogP contribution in [0.15, 0.2) is 88.0 Å². The Hall–Kier alpha value is -7.83. The fourth-order valence-corrected chi connectivity index (χ4v) is 8.37. The van der Waals surface area contributed by atoms with Crippen molar-refractivity contribution in [3.63, 3.8) is 0 Å². The number of carbonyl (C=O) groups excluding carboxylic acids is 3. The molecule has 0 saturated carbocycles. The molecule has 7 aromatic heterocycles. The number of hydrogen-bond acceptors (Lipinski definition) is 27. The van der Waals surface area contributed by atoms with Crippen LogP contribution >= 0.6 is 47.0 Å². The second kappa shape index (κ2) is 30.7. The van der Waals surface area contributed by atoms with Crippen LogP contribution in [0.3, 0.4) is 0 Å². The number of aryl methyl sites for hydroxylation is 2. The number of urea groups is 1. The summed E-state index contributed by atoms with van der Waals surface area (Å²) in [5, 5.41) is 25.8. The van der Waals surface area contributed by atoms with Crippen LogP contribution in [0, 0.1) is 13.8 Å². The van der Waals surface area contributed by atoms with Crippen LogP contribution in [-0.2, 0) is 0 Å². The summed E-state index contributed by atoms with van der Waals surface area (Å²) >= 11 is 5.69. The van der Waals surface area contributed by atoms with Gasteiger partial charge in [0.2, 0.25) is 5.95 Å². The third kappa shape index (κ3) is 19.7. The molecule has 1 fully saturated rings. The number of aliphatic hydroxyl groups is 1. The Kier molecular flexibility index (Phi) is 24.2. The van der Waals surface area contributed by atoms with Gasteiger partial charge in [-0.1, -0.05) is 47.0 Å². The molecule has 0 spiro atoms.